The zero-order valence-corrected chi connectivity index (χ0v) is 14.5. The molecule has 23 heavy (non-hydrogen) atoms. The highest BCUT2D eigenvalue weighted by atomic mass is 32.2. The van der Waals surface area contributed by atoms with Crippen LogP contribution in [-0.4, -0.2) is 80.4 Å². The van der Waals surface area contributed by atoms with Gasteiger partial charge in [-0.05, 0) is 32.6 Å². The van der Waals surface area contributed by atoms with Gasteiger partial charge in [0, 0.05) is 19.6 Å². The Bertz CT molecular complexity index is 532. The van der Waals surface area contributed by atoms with Crippen LogP contribution < -0.4 is 0 Å². The first-order chi connectivity index (χ1) is 11.0. The summed E-state index contributed by atoms with van der Waals surface area (Å²) in [6.45, 7) is 4.17. The van der Waals surface area contributed by atoms with E-state index in [1.165, 1.54) is 0 Å². The predicted octanol–water partition coefficient (Wildman–Crippen LogP) is 0.207. The van der Waals surface area contributed by atoms with Crippen molar-refractivity contribution in [1.29, 1.82) is 0 Å². The highest BCUT2D eigenvalue weighted by Crippen LogP contribution is 2.33. The Balaban J connectivity index is 1.57. The van der Waals surface area contributed by atoms with Gasteiger partial charge in [-0.2, -0.15) is 4.31 Å². The van der Waals surface area contributed by atoms with E-state index in [9.17, 15) is 13.2 Å². The van der Waals surface area contributed by atoms with E-state index in [1.807, 2.05) is 4.90 Å². The molecule has 0 aromatic carbocycles. The molecule has 0 aromatic heterocycles. The van der Waals surface area contributed by atoms with E-state index in [2.05, 4.69) is 0 Å². The van der Waals surface area contributed by atoms with Gasteiger partial charge in [-0.3, -0.25) is 4.79 Å². The Morgan fingerprint density at radius 3 is 2.65 bits per heavy atom. The zero-order chi connectivity index (χ0) is 16.4. The molecule has 0 radical (unpaired) electrons. The summed E-state index contributed by atoms with van der Waals surface area (Å²) < 4.78 is 37.6. The number of rotatable bonds is 5. The highest BCUT2D eigenvalue weighted by Gasteiger charge is 2.47. The minimum atomic E-state index is -3.22. The highest BCUT2D eigenvalue weighted by molar-refractivity contribution is 7.89. The maximum atomic E-state index is 12.2. The molecule has 0 N–H and O–H groups in total. The minimum absolute atomic E-state index is 0.0276. The van der Waals surface area contributed by atoms with Crippen LogP contribution in [0.25, 0.3) is 0 Å². The molecule has 2 heterocycles. The lowest BCUT2D eigenvalue weighted by molar-refractivity contribution is -0.143. The lowest BCUT2D eigenvalue weighted by atomic mass is 10.1. The Kier molecular flexibility index (Phi) is 5.25. The van der Waals surface area contributed by atoms with Gasteiger partial charge in [0.1, 0.15) is 12.7 Å². The van der Waals surface area contributed by atoms with Gasteiger partial charge in [0.15, 0.2) is 0 Å². The molecule has 1 aliphatic carbocycles. The number of nitrogens with zero attached hydrogens (tertiary/aromatic N) is 2. The smallest absolute Gasteiger partial charge is 0.248 e. The molecule has 7 nitrogen and oxygen atoms in total. The lowest BCUT2D eigenvalue weighted by Crippen LogP contribution is -2.54. The molecule has 2 saturated heterocycles. The zero-order valence-electron chi connectivity index (χ0n) is 13.6. The van der Waals surface area contributed by atoms with Crippen LogP contribution in [0.1, 0.15) is 32.6 Å². The molecular weight excluding hydrogens is 320 g/mol. The van der Waals surface area contributed by atoms with Crippen molar-refractivity contribution in [3.8, 4) is 0 Å². The average molecular weight is 346 g/mol. The van der Waals surface area contributed by atoms with Crippen molar-refractivity contribution in [3.63, 3.8) is 0 Å². The number of sulfonamides is 1. The number of carbonyl (C=O) groups excluding carboxylic acids is 1. The van der Waals surface area contributed by atoms with Crippen LogP contribution in [-0.2, 0) is 24.3 Å². The van der Waals surface area contributed by atoms with E-state index in [1.54, 1.807) is 11.2 Å². The van der Waals surface area contributed by atoms with E-state index < -0.39 is 10.0 Å². The topological polar surface area (TPSA) is 76.1 Å². The monoisotopic (exact) mass is 346 g/mol. The number of likely N-dealkylation sites (tertiary alicyclic amines) is 1. The quantitative estimate of drug-likeness (QED) is 0.711. The SMILES string of the molecule is CCS(=O)(=O)N1CCO[C@@H]2[C@H]1CC[C@H]2OCC(=O)N1CCCC1. The first-order valence-corrected chi connectivity index (χ1v) is 10.1. The van der Waals surface area contributed by atoms with Gasteiger partial charge in [-0.25, -0.2) is 8.42 Å². The number of amides is 1. The van der Waals surface area contributed by atoms with Crippen molar-refractivity contribution in [2.75, 3.05) is 38.6 Å². The Labute approximate surface area is 138 Å². The molecular formula is C15H26N2O5S. The van der Waals surface area contributed by atoms with E-state index in [4.69, 9.17) is 9.47 Å². The Morgan fingerprint density at radius 2 is 1.96 bits per heavy atom. The molecule has 8 heteroatoms. The van der Waals surface area contributed by atoms with Crippen LogP contribution in [0.5, 0.6) is 0 Å². The molecule has 2 aliphatic heterocycles. The van der Waals surface area contributed by atoms with Crippen molar-refractivity contribution < 1.29 is 22.7 Å². The fraction of sp³-hybridized carbons (Fsp3) is 0.933. The fourth-order valence-electron chi connectivity index (χ4n) is 3.81. The molecule has 3 atom stereocenters. The molecule has 1 saturated carbocycles. The summed E-state index contributed by atoms with van der Waals surface area (Å²) in [4.78, 5) is 13.9. The average Bonchev–Trinajstić information content (AvgIpc) is 3.22. The van der Waals surface area contributed by atoms with E-state index in [0.717, 1.165) is 38.8 Å². The molecule has 0 unspecified atom stereocenters. The normalized spacial score (nSPS) is 32.2. The van der Waals surface area contributed by atoms with Gasteiger partial charge in [0.2, 0.25) is 15.9 Å². The van der Waals surface area contributed by atoms with Crippen LogP contribution >= 0.6 is 0 Å². The molecule has 0 aromatic rings. The second kappa shape index (κ2) is 7.04. The molecule has 1 amide bonds. The second-order valence-electron chi connectivity index (χ2n) is 6.43. The summed E-state index contributed by atoms with van der Waals surface area (Å²) in [5.41, 5.74) is 0. The van der Waals surface area contributed by atoms with E-state index in [0.29, 0.717) is 13.2 Å². The fourth-order valence-corrected chi connectivity index (χ4v) is 5.13. The third-order valence-corrected chi connectivity index (χ3v) is 6.98. The third kappa shape index (κ3) is 3.55. The third-order valence-electron chi connectivity index (χ3n) is 5.09. The van der Waals surface area contributed by atoms with Crippen molar-refractivity contribution in [2.24, 2.45) is 0 Å². The van der Waals surface area contributed by atoms with Crippen molar-refractivity contribution in [1.82, 2.24) is 9.21 Å². The second-order valence-corrected chi connectivity index (χ2v) is 8.64. The van der Waals surface area contributed by atoms with Crippen LogP contribution in [0.4, 0.5) is 0 Å². The predicted molar refractivity (Wildman–Crippen MR) is 84.5 cm³/mol. The van der Waals surface area contributed by atoms with E-state index >= 15 is 0 Å². The summed E-state index contributed by atoms with van der Waals surface area (Å²) >= 11 is 0. The molecule has 3 aliphatic rings. The summed E-state index contributed by atoms with van der Waals surface area (Å²) in [5.74, 6) is 0.134. The van der Waals surface area contributed by atoms with Gasteiger partial charge in [0.05, 0.1) is 24.5 Å². The van der Waals surface area contributed by atoms with Gasteiger partial charge in [0.25, 0.3) is 0 Å². The first-order valence-electron chi connectivity index (χ1n) is 8.53. The summed E-state index contributed by atoms with van der Waals surface area (Å²) in [5, 5.41) is 0. The van der Waals surface area contributed by atoms with Crippen LogP contribution in [0.2, 0.25) is 0 Å². The van der Waals surface area contributed by atoms with Gasteiger partial charge >= 0.3 is 0 Å². The number of fused-ring (bicyclic) bond motifs is 1. The molecule has 132 valence electrons. The number of morpholine rings is 1. The largest absolute Gasteiger partial charge is 0.372 e. The van der Waals surface area contributed by atoms with Crippen LogP contribution in [0.3, 0.4) is 0 Å². The lowest BCUT2D eigenvalue weighted by Gasteiger charge is -2.37. The van der Waals surface area contributed by atoms with Crippen molar-refractivity contribution >= 4 is 15.9 Å². The maximum absolute atomic E-state index is 12.2. The van der Waals surface area contributed by atoms with E-state index in [-0.39, 0.29) is 36.5 Å². The molecule has 3 rings (SSSR count). The van der Waals surface area contributed by atoms with Crippen LogP contribution in [0, 0.1) is 0 Å². The Morgan fingerprint density at radius 1 is 1.22 bits per heavy atom. The summed E-state index contributed by atoms with van der Waals surface area (Å²) in [6, 6.07) is -0.152. The first kappa shape index (κ1) is 17.1. The number of carbonyl (C=O) groups is 1. The van der Waals surface area contributed by atoms with Gasteiger partial charge in [-0.1, -0.05) is 0 Å². The maximum Gasteiger partial charge on any atom is 0.248 e. The molecule has 3 fully saturated rings. The van der Waals surface area contributed by atoms with Crippen molar-refractivity contribution in [3.05, 3.63) is 0 Å². The summed E-state index contributed by atoms with van der Waals surface area (Å²) in [6.07, 6.45) is 3.14. The number of hydrogen-bond donors (Lipinski definition) is 0. The number of ether oxygens (including phenoxy) is 2. The van der Waals surface area contributed by atoms with Crippen LogP contribution in [0.15, 0.2) is 0 Å². The standard InChI is InChI=1S/C15H26N2O5S/c1-2-23(19,20)17-9-10-21-15-12(17)5-6-13(15)22-11-14(18)16-7-3-4-8-16/h12-13,15H,2-11H2,1H3/t12-,13-,15-/m1/s1. The number of hydrogen-bond acceptors (Lipinski definition) is 5. The summed E-state index contributed by atoms with van der Waals surface area (Å²) in [7, 11) is -3.22. The Hall–Kier alpha value is -0.700. The minimum Gasteiger partial charge on any atom is -0.372 e. The van der Waals surface area contributed by atoms with Gasteiger partial charge < -0.3 is 14.4 Å². The van der Waals surface area contributed by atoms with Crippen molar-refractivity contribution in [2.45, 2.75) is 50.9 Å². The van der Waals surface area contributed by atoms with Gasteiger partial charge in [-0.15, -0.1) is 0 Å². The molecule has 0 spiro atoms. The molecule has 0 bridgehead atoms.